The number of carbonyl (C=O) groups excluding carboxylic acids is 1. The molecule has 1 aliphatic rings. The molecule has 30 heavy (non-hydrogen) atoms. The SMILES string of the molecule is CC(=O)c1ccc(OCc2ccccn2)c(-c2ccc3c(c2)CN(C(=O)O)CC3)c1. The summed E-state index contributed by atoms with van der Waals surface area (Å²) in [5, 5.41) is 9.33. The van der Waals surface area contributed by atoms with E-state index in [1.54, 1.807) is 18.3 Å². The average Bonchev–Trinajstić information content (AvgIpc) is 2.77. The molecule has 1 amide bonds. The number of benzene rings is 2. The van der Waals surface area contributed by atoms with Gasteiger partial charge in [0.25, 0.3) is 0 Å². The lowest BCUT2D eigenvalue weighted by molar-refractivity contribution is 0.101. The minimum Gasteiger partial charge on any atom is -0.487 e. The van der Waals surface area contributed by atoms with Crippen LogP contribution in [-0.2, 0) is 19.6 Å². The summed E-state index contributed by atoms with van der Waals surface area (Å²) in [6, 6.07) is 17.1. The first-order valence-corrected chi connectivity index (χ1v) is 9.79. The van der Waals surface area contributed by atoms with Crippen LogP contribution in [0.15, 0.2) is 60.8 Å². The van der Waals surface area contributed by atoms with Crippen LogP contribution in [0.3, 0.4) is 0 Å². The van der Waals surface area contributed by atoms with Crippen molar-refractivity contribution in [3.05, 3.63) is 83.2 Å². The molecule has 1 aliphatic heterocycles. The summed E-state index contributed by atoms with van der Waals surface area (Å²) in [6.45, 7) is 2.70. The molecule has 2 heterocycles. The van der Waals surface area contributed by atoms with E-state index in [-0.39, 0.29) is 5.78 Å². The van der Waals surface area contributed by atoms with E-state index in [4.69, 9.17) is 4.74 Å². The van der Waals surface area contributed by atoms with Crippen molar-refractivity contribution in [1.29, 1.82) is 0 Å². The van der Waals surface area contributed by atoms with Crippen molar-refractivity contribution in [3.8, 4) is 16.9 Å². The Kier molecular flexibility index (Phi) is 5.48. The highest BCUT2D eigenvalue weighted by atomic mass is 16.5. The topological polar surface area (TPSA) is 79.7 Å². The van der Waals surface area contributed by atoms with Crippen molar-refractivity contribution in [2.45, 2.75) is 26.5 Å². The smallest absolute Gasteiger partial charge is 0.407 e. The summed E-state index contributed by atoms with van der Waals surface area (Å²) < 4.78 is 6.04. The van der Waals surface area contributed by atoms with Crippen molar-refractivity contribution < 1.29 is 19.4 Å². The molecule has 0 radical (unpaired) electrons. The molecule has 6 nitrogen and oxygen atoms in total. The van der Waals surface area contributed by atoms with Crippen LogP contribution in [0.2, 0.25) is 0 Å². The van der Waals surface area contributed by atoms with E-state index in [1.165, 1.54) is 11.8 Å². The van der Waals surface area contributed by atoms with Gasteiger partial charge in [-0.3, -0.25) is 9.78 Å². The molecule has 4 rings (SSSR count). The second-order valence-electron chi connectivity index (χ2n) is 7.31. The third-order valence-corrected chi connectivity index (χ3v) is 5.29. The summed E-state index contributed by atoms with van der Waals surface area (Å²) in [5.41, 5.74) is 5.22. The second-order valence-corrected chi connectivity index (χ2v) is 7.31. The van der Waals surface area contributed by atoms with Crippen LogP contribution in [0.5, 0.6) is 5.75 Å². The average molecular weight is 402 g/mol. The molecule has 152 valence electrons. The lowest BCUT2D eigenvalue weighted by Gasteiger charge is -2.27. The van der Waals surface area contributed by atoms with Crippen LogP contribution in [0.4, 0.5) is 4.79 Å². The highest BCUT2D eigenvalue weighted by Crippen LogP contribution is 2.34. The quantitative estimate of drug-likeness (QED) is 0.633. The Morgan fingerprint density at radius 1 is 1.10 bits per heavy atom. The summed E-state index contributed by atoms with van der Waals surface area (Å²) in [4.78, 5) is 29.0. The molecule has 0 aliphatic carbocycles. The number of hydrogen-bond acceptors (Lipinski definition) is 4. The lowest BCUT2D eigenvalue weighted by Crippen LogP contribution is -2.34. The van der Waals surface area contributed by atoms with Crippen LogP contribution in [-0.4, -0.2) is 33.4 Å². The fraction of sp³-hybridized carbons (Fsp3) is 0.208. The van der Waals surface area contributed by atoms with Crippen molar-refractivity contribution >= 4 is 11.9 Å². The van der Waals surface area contributed by atoms with Crippen LogP contribution in [0, 0.1) is 0 Å². The number of pyridine rings is 1. The van der Waals surface area contributed by atoms with E-state index in [2.05, 4.69) is 4.98 Å². The van der Waals surface area contributed by atoms with Crippen molar-refractivity contribution in [1.82, 2.24) is 9.88 Å². The monoisotopic (exact) mass is 402 g/mol. The molecule has 1 N–H and O–H groups in total. The molecule has 1 aromatic heterocycles. The number of aromatic nitrogens is 1. The molecule has 2 aromatic carbocycles. The Morgan fingerprint density at radius 2 is 1.97 bits per heavy atom. The molecule has 3 aromatic rings. The molecular weight excluding hydrogens is 380 g/mol. The molecule has 0 fully saturated rings. The maximum atomic E-state index is 11.9. The van der Waals surface area contributed by atoms with Gasteiger partial charge in [0, 0.05) is 30.4 Å². The van der Waals surface area contributed by atoms with Crippen molar-refractivity contribution in [2.75, 3.05) is 6.54 Å². The van der Waals surface area contributed by atoms with Crippen LogP contribution < -0.4 is 4.74 Å². The van der Waals surface area contributed by atoms with Gasteiger partial charge in [-0.2, -0.15) is 0 Å². The maximum absolute atomic E-state index is 11.9. The molecule has 0 saturated heterocycles. The van der Waals surface area contributed by atoms with E-state index in [0.717, 1.165) is 27.9 Å². The van der Waals surface area contributed by atoms with Gasteiger partial charge in [-0.15, -0.1) is 0 Å². The van der Waals surface area contributed by atoms with E-state index in [0.29, 0.717) is 37.4 Å². The van der Waals surface area contributed by atoms with Gasteiger partial charge in [0.05, 0.1) is 5.69 Å². The Hall–Kier alpha value is -3.67. The van der Waals surface area contributed by atoms with Gasteiger partial charge in [0.1, 0.15) is 12.4 Å². The van der Waals surface area contributed by atoms with Crippen molar-refractivity contribution in [2.24, 2.45) is 0 Å². The highest BCUT2D eigenvalue weighted by Gasteiger charge is 2.21. The Balaban J connectivity index is 1.69. The number of amides is 1. The molecule has 6 heteroatoms. The highest BCUT2D eigenvalue weighted by molar-refractivity contribution is 5.96. The third kappa shape index (κ3) is 4.17. The van der Waals surface area contributed by atoms with Gasteiger partial charge in [0.15, 0.2) is 5.78 Å². The van der Waals surface area contributed by atoms with Gasteiger partial charge < -0.3 is 14.7 Å². The van der Waals surface area contributed by atoms with Gasteiger partial charge in [0.2, 0.25) is 0 Å². The molecule has 0 unspecified atom stereocenters. The van der Waals surface area contributed by atoms with Gasteiger partial charge in [-0.25, -0.2) is 4.79 Å². The van der Waals surface area contributed by atoms with E-state index >= 15 is 0 Å². The number of nitrogens with zero attached hydrogens (tertiary/aromatic N) is 2. The maximum Gasteiger partial charge on any atom is 0.407 e. The molecule has 0 atom stereocenters. The molecule has 0 spiro atoms. The number of carbonyl (C=O) groups is 2. The van der Waals surface area contributed by atoms with E-state index in [9.17, 15) is 14.7 Å². The van der Waals surface area contributed by atoms with Crippen LogP contribution in [0.25, 0.3) is 11.1 Å². The second kappa shape index (κ2) is 8.37. The molecule has 0 bridgehead atoms. The number of carboxylic acid groups (broad SMARTS) is 1. The number of Topliss-reactive ketones (excluding diaryl/α,β-unsaturated/α-hetero) is 1. The first kappa shape index (κ1) is 19.6. The third-order valence-electron chi connectivity index (χ3n) is 5.29. The zero-order valence-electron chi connectivity index (χ0n) is 16.7. The van der Waals surface area contributed by atoms with Crippen molar-refractivity contribution in [3.63, 3.8) is 0 Å². The fourth-order valence-electron chi connectivity index (χ4n) is 3.62. The standard InChI is InChI=1S/C24H22N2O4/c1-16(27)18-7-8-23(30-15-21-4-2-3-10-25-21)22(13-18)19-6-5-17-9-11-26(24(28)29)14-20(17)12-19/h2-8,10,12-13H,9,11,14-15H2,1H3,(H,28,29). The Bertz CT molecular complexity index is 1100. The van der Waals surface area contributed by atoms with Gasteiger partial charge in [-0.05, 0) is 66.4 Å². The minimum atomic E-state index is -0.913. The Labute approximate surface area is 174 Å². The van der Waals surface area contributed by atoms with Crippen LogP contribution >= 0.6 is 0 Å². The number of hydrogen-bond donors (Lipinski definition) is 1. The van der Waals surface area contributed by atoms with E-state index in [1.807, 2.05) is 42.5 Å². The van der Waals surface area contributed by atoms with Gasteiger partial charge in [-0.1, -0.05) is 18.2 Å². The Morgan fingerprint density at radius 3 is 2.70 bits per heavy atom. The summed E-state index contributed by atoms with van der Waals surface area (Å²) in [6.07, 6.45) is 1.50. The largest absolute Gasteiger partial charge is 0.487 e. The summed E-state index contributed by atoms with van der Waals surface area (Å²) in [5.74, 6) is 0.624. The fourth-order valence-corrected chi connectivity index (χ4v) is 3.62. The van der Waals surface area contributed by atoms with Gasteiger partial charge >= 0.3 is 6.09 Å². The number of fused-ring (bicyclic) bond motifs is 1. The predicted octanol–water partition coefficient (Wildman–Crippen LogP) is 4.57. The minimum absolute atomic E-state index is 0.0254. The van der Waals surface area contributed by atoms with E-state index < -0.39 is 6.09 Å². The lowest BCUT2D eigenvalue weighted by atomic mass is 9.93. The molecule has 0 saturated carbocycles. The number of ketones is 1. The molecular formula is C24H22N2O4. The summed E-state index contributed by atoms with van der Waals surface area (Å²) in [7, 11) is 0. The predicted molar refractivity (Wildman–Crippen MR) is 113 cm³/mol. The number of ether oxygens (including phenoxy) is 1. The van der Waals surface area contributed by atoms with Crippen LogP contribution in [0.1, 0.15) is 34.1 Å². The summed E-state index contributed by atoms with van der Waals surface area (Å²) >= 11 is 0. The normalized spacial score (nSPS) is 12.9. The first-order chi connectivity index (χ1) is 14.5. The zero-order valence-corrected chi connectivity index (χ0v) is 16.7. The number of rotatable bonds is 5. The first-order valence-electron chi connectivity index (χ1n) is 9.79. The zero-order chi connectivity index (χ0) is 21.1.